The predicted octanol–water partition coefficient (Wildman–Crippen LogP) is 2.68. The van der Waals surface area contributed by atoms with Crippen LogP contribution in [-0.4, -0.2) is 4.57 Å². The predicted molar refractivity (Wildman–Crippen MR) is 49.6 cm³/mol. The third-order valence-electron chi connectivity index (χ3n) is 2.23. The quantitative estimate of drug-likeness (QED) is 0.578. The average Bonchev–Trinajstić information content (AvgIpc) is 2.17. The van der Waals surface area contributed by atoms with E-state index in [1.54, 1.807) is 0 Å². The second-order valence-electron chi connectivity index (χ2n) is 3.14. The maximum absolute atomic E-state index is 3.92. The molecular weight excluding hydrogens is 134 g/mol. The molecule has 0 aliphatic carbocycles. The summed E-state index contributed by atoms with van der Waals surface area (Å²) in [5, 5.41) is 0. The second-order valence-corrected chi connectivity index (χ2v) is 3.14. The Hall–Kier alpha value is -0.980. The van der Waals surface area contributed by atoms with E-state index < -0.39 is 0 Å². The van der Waals surface area contributed by atoms with Crippen molar-refractivity contribution in [3.05, 3.63) is 29.6 Å². The molecule has 0 fully saturated rings. The summed E-state index contributed by atoms with van der Waals surface area (Å²) in [6.45, 7) is 10.2. The molecule has 1 heterocycles. The van der Waals surface area contributed by atoms with Crippen LogP contribution in [0.4, 0.5) is 0 Å². The fourth-order valence-electron chi connectivity index (χ4n) is 1.26. The van der Waals surface area contributed by atoms with Crippen molar-refractivity contribution in [1.29, 1.82) is 0 Å². The SMILES string of the molecule is C=C(C)c1cc(C)c(C)n1C. The molecule has 0 aliphatic rings. The average molecular weight is 149 g/mol. The van der Waals surface area contributed by atoms with Crippen LogP contribution in [0, 0.1) is 13.8 Å². The first-order valence-electron chi connectivity index (χ1n) is 3.83. The lowest BCUT2D eigenvalue weighted by molar-refractivity contribution is 0.861. The molecular formula is C10H15N. The number of aryl methyl sites for hydroxylation is 1. The van der Waals surface area contributed by atoms with Gasteiger partial charge in [0.1, 0.15) is 0 Å². The molecule has 0 atom stereocenters. The monoisotopic (exact) mass is 149 g/mol. The molecule has 60 valence electrons. The highest BCUT2D eigenvalue weighted by Gasteiger charge is 2.04. The number of nitrogens with zero attached hydrogens (tertiary/aromatic N) is 1. The molecule has 0 N–H and O–H groups in total. The molecule has 1 heteroatoms. The molecule has 0 bridgehead atoms. The standard InChI is InChI=1S/C10H15N/c1-7(2)10-6-8(3)9(4)11(10)5/h6H,1H2,2-5H3. The van der Waals surface area contributed by atoms with Gasteiger partial charge < -0.3 is 4.57 Å². The molecule has 1 nitrogen and oxygen atoms in total. The van der Waals surface area contributed by atoms with Gasteiger partial charge in [0.2, 0.25) is 0 Å². The second kappa shape index (κ2) is 2.57. The first kappa shape index (κ1) is 8.12. The van der Waals surface area contributed by atoms with Crippen LogP contribution in [0.5, 0.6) is 0 Å². The Kier molecular flexibility index (Phi) is 1.90. The first-order valence-corrected chi connectivity index (χ1v) is 3.83. The molecule has 11 heavy (non-hydrogen) atoms. The highest BCUT2D eigenvalue weighted by atomic mass is 15.0. The minimum atomic E-state index is 1.13. The van der Waals surface area contributed by atoms with Crippen LogP contribution in [0.25, 0.3) is 5.57 Å². The van der Waals surface area contributed by atoms with Gasteiger partial charge >= 0.3 is 0 Å². The van der Waals surface area contributed by atoms with E-state index in [2.05, 4.69) is 38.1 Å². The molecule has 1 rings (SSSR count). The highest BCUT2D eigenvalue weighted by molar-refractivity contribution is 5.60. The minimum Gasteiger partial charge on any atom is -0.348 e. The summed E-state index contributed by atoms with van der Waals surface area (Å²) in [5.74, 6) is 0. The van der Waals surface area contributed by atoms with Gasteiger partial charge in [-0.2, -0.15) is 0 Å². The molecule has 0 spiro atoms. The van der Waals surface area contributed by atoms with Crippen LogP contribution in [0.3, 0.4) is 0 Å². The number of hydrogen-bond donors (Lipinski definition) is 0. The molecule has 0 amide bonds. The smallest absolute Gasteiger partial charge is 0.0432 e. The Labute approximate surface area is 68.4 Å². The fourth-order valence-corrected chi connectivity index (χ4v) is 1.26. The number of aromatic nitrogens is 1. The van der Waals surface area contributed by atoms with Crippen LogP contribution in [0.15, 0.2) is 12.6 Å². The third-order valence-corrected chi connectivity index (χ3v) is 2.23. The van der Waals surface area contributed by atoms with Gasteiger partial charge in [-0.3, -0.25) is 0 Å². The molecule has 0 unspecified atom stereocenters. The zero-order chi connectivity index (χ0) is 8.59. The van der Waals surface area contributed by atoms with E-state index in [1.165, 1.54) is 17.0 Å². The van der Waals surface area contributed by atoms with E-state index in [0.717, 1.165) is 5.57 Å². The Morgan fingerprint density at radius 2 is 2.00 bits per heavy atom. The Balaban J connectivity index is 3.29. The van der Waals surface area contributed by atoms with Gasteiger partial charge in [0, 0.05) is 18.4 Å². The molecule has 1 aromatic heterocycles. The highest BCUT2D eigenvalue weighted by Crippen LogP contribution is 2.18. The van der Waals surface area contributed by atoms with Crippen molar-refractivity contribution in [2.75, 3.05) is 0 Å². The van der Waals surface area contributed by atoms with Crippen molar-refractivity contribution < 1.29 is 0 Å². The summed E-state index contributed by atoms with van der Waals surface area (Å²) >= 11 is 0. The number of allylic oxidation sites excluding steroid dienone is 1. The Morgan fingerprint density at radius 1 is 1.45 bits per heavy atom. The number of rotatable bonds is 1. The molecule has 0 aromatic carbocycles. The Morgan fingerprint density at radius 3 is 2.18 bits per heavy atom. The van der Waals surface area contributed by atoms with Crippen molar-refractivity contribution in [3.63, 3.8) is 0 Å². The van der Waals surface area contributed by atoms with Crippen LogP contribution in [0.1, 0.15) is 23.9 Å². The lowest BCUT2D eigenvalue weighted by atomic mass is 10.2. The van der Waals surface area contributed by atoms with E-state index in [1.807, 2.05) is 6.92 Å². The van der Waals surface area contributed by atoms with E-state index in [4.69, 9.17) is 0 Å². The molecule has 0 radical (unpaired) electrons. The summed E-state index contributed by atoms with van der Waals surface area (Å²) in [6.07, 6.45) is 0. The van der Waals surface area contributed by atoms with E-state index in [-0.39, 0.29) is 0 Å². The van der Waals surface area contributed by atoms with Gasteiger partial charge in [-0.05, 0) is 38.0 Å². The molecule has 0 aliphatic heterocycles. The molecule has 0 saturated carbocycles. The van der Waals surface area contributed by atoms with Crippen LogP contribution in [0.2, 0.25) is 0 Å². The van der Waals surface area contributed by atoms with Crippen molar-refractivity contribution >= 4 is 5.57 Å². The van der Waals surface area contributed by atoms with Gasteiger partial charge in [0.15, 0.2) is 0 Å². The number of hydrogen-bond acceptors (Lipinski definition) is 0. The summed E-state index contributed by atoms with van der Waals surface area (Å²) in [5.41, 5.74) is 5.03. The topological polar surface area (TPSA) is 4.93 Å². The summed E-state index contributed by atoms with van der Waals surface area (Å²) in [4.78, 5) is 0. The zero-order valence-electron chi connectivity index (χ0n) is 7.73. The van der Waals surface area contributed by atoms with E-state index in [0.29, 0.717) is 0 Å². The van der Waals surface area contributed by atoms with Gasteiger partial charge in [-0.25, -0.2) is 0 Å². The zero-order valence-corrected chi connectivity index (χ0v) is 7.73. The first-order chi connectivity index (χ1) is 5.04. The van der Waals surface area contributed by atoms with Crippen LogP contribution < -0.4 is 0 Å². The lowest BCUT2D eigenvalue weighted by Gasteiger charge is -2.02. The Bertz CT molecular complexity index is 292. The van der Waals surface area contributed by atoms with E-state index >= 15 is 0 Å². The van der Waals surface area contributed by atoms with Crippen molar-refractivity contribution in [1.82, 2.24) is 4.57 Å². The summed E-state index contributed by atoms with van der Waals surface area (Å²) < 4.78 is 2.18. The molecule has 0 saturated heterocycles. The van der Waals surface area contributed by atoms with Gasteiger partial charge in [-0.1, -0.05) is 6.58 Å². The van der Waals surface area contributed by atoms with E-state index in [9.17, 15) is 0 Å². The summed E-state index contributed by atoms with van der Waals surface area (Å²) in [6, 6.07) is 2.18. The maximum Gasteiger partial charge on any atom is 0.0432 e. The van der Waals surface area contributed by atoms with Crippen molar-refractivity contribution in [2.24, 2.45) is 7.05 Å². The van der Waals surface area contributed by atoms with Gasteiger partial charge in [0.25, 0.3) is 0 Å². The largest absolute Gasteiger partial charge is 0.348 e. The van der Waals surface area contributed by atoms with Crippen LogP contribution in [-0.2, 0) is 7.05 Å². The normalized spacial score (nSPS) is 10.2. The van der Waals surface area contributed by atoms with Gasteiger partial charge in [-0.15, -0.1) is 0 Å². The molecule has 1 aromatic rings. The van der Waals surface area contributed by atoms with Crippen molar-refractivity contribution in [2.45, 2.75) is 20.8 Å². The third kappa shape index (κ3) is 1.23. The van der Waals surface area contributed by atoms with Crippen molar-refractivity contribution in [3.8, 4) is 0 Å². The van der Waals surface area contributed by atoms with Gasteiger partial charge in [0.05, 0.1) is 0 Å². The summed E-state index contributed by atoms with van der Waals surface area (Å²) in [7, 11) is 2.08. The van der Waals surface area contributed by atoms with Crippen LogP contribution >= 0.6 is 0 Å². The minimum absolute atomic E-state index is 1.13. The fraction of sp³-hybridized carbons (Fsp3) is 0.400. The maximum atomic E-state index is 3.92. The lowest BCUT2D eigenvalue weighted by Crippen LogP contribution is -1.95.